The van der Waals surface area contributed by atoms with Gasteiger partial charge in [0, 0.05) is 11.6 Å². The number of nitro groups is 1. The van der Waals surface area contributed by atoms with E-state index in [4.69, 9.17) is 0 Å². The van der Waals surface area contributed by atoms with Crippen molar-refractivity contribution in [1.82, 2.24) is 4.83 Å². The molecule has 0 saturated carbocycles. The molecule has 0 aliphatic heterocycles. The predicted molar refractivity (Wildman–Crippen MR) is 104 cm³/mol. The lowest BCUT2D eigenvalue weighted by molar-refractivity contribution is -0.385. The van der Waals surface area contributed by atoms with Gasteiger partial charge in [0.05, 0.1) is 15.5 Å². The number of fused-ring (bicyclic) bond motifs is 1. The van der Waals surface area contributed by atoms with Gasteiger partial charge in [0.2, 0.25) is 0 Å². The van der Waals surface area contributed by atoms with Crippen molar-refractivity contribution < 1.29 is 13.3 Å². The monoisotopic (exact) mass is 383 g/mol. The van der Waals surface area contributed by atoms with Gasteiger partial charge in [0.25, 0.3) is 15.7 Å². The molecule has 0 aliphatic rings. The Balaban J connectivity index is 1.88. The molecule has 7 nitrogen and oxygen atoms in total. The Morgan fingerprint density at radius 1 is 1.04 bits per heavy atom. The smallest absolute Gasteiger partial charge is 0.258 e. The summed E-state index contributed by atoms with van der Waals surface area (Å²) in [6.07, 6.45) is 0. The molecule has 0 heterocycles. The second-order valence-corrected chi connectivity index (χ2v) is 7.72. The number of nitro benzene ring substituents is 1. The van der Waals surface area contributed by atoms with Gasteiger partial charge >= 0.3 is 0 Å². The summed E-state index contributed by atoms with van der Waals surface area (Å²) in [6, 6.07) is 17.2. The minimum Gasteiger partial charge on any atom is -0.258 e. The van der Waals surface area contributed by atoms with E-state index >= 15 is 0 Å². The quantitative estimate of drug-likeness (QED) is 0.412. The Labute approximate surface area is 156 Å². The fourth-order valence-corrected chi connectivity index (χ4v) is 3.49. The molecule has 8 heteroatoms. The van der Waals surface area contributed by atoms with E-state index < -0.39 is 14.9 Å². The largest absolute Gasteiger partial charge is 0.276 e. The molecule has 0 spiro atoms. The van der Waals surface area contributed by atoms with Crippen LogP contribution in [0.3, 0.4) is 0 Å². The van der Waals surface area contributed by atoms with Crippen LogP contribution < -0.4 is 4.83 Å². The average molecular weight is 383 g/mol. The molecule has 0 fully saturated rings. The Kier molecular flexibility index (Phi) is 4.91. The molecule has 0 saturated heterocycles. The molecular formula is C19H17N3O4S. The van der Waals surface area contributed by atoms with Gasteiger partial charge in [0.15, 0.2) is 0 Å². The van der Waals surface area contributed by atoms with E-state index in [-0.39, 0.29) is 10.6 Å². The molecule has 0 unspecified atom stereocenters. The van der Waals surface area contributed by atoms with Crippen LogP contribution in [0.4, 0.5) is 5.69 Å². The zero-order chi connectivity index (χ0) is 19.6. The van der Waals surface area contributed by atoms with E-state index in [1.165, 1.54) is 12.1 Å². The van der Waals surface area contributed by atoms with Crippen LogP contribution in [0.5, 0.6) is 0 Å². The maximum Gasteiger partial charge on any atom is 0.276 e. The summed E-state index contributed by atoms with van der Waals surface area (Å²) in [5.41, 5.74) is 1.38. The molecule has 0 amide bonds. The first-order chi connectivity index (χ1) is 12.8. The van der Waals surface area contributed by atoms with E-state index in [0.717, 1.165) is 22.4 Å². The van der Waals surface area contributed by atoms with E-state index in [0.29, 0.717) is 11.3 Å². The lowest BCUT2D eigenvalue weighted by atomic mass is 10.0. The molecule has 1 N–H and O–H groups in total. The maximum atomic E-state index is 12.4. The van der Waals surface area contributed by atoms with Crippen LogP contribution >= 0.6 is 0 Å². The van der Waals surface area contributed by atoms with Crippen LogP contribution in [-0.2, 0) is 10.0 Å². The predicted octanol–water partition coefficient (Wildman–Crippen LogP) is 3.76. The fourth-order valence-electron chi connectivity index (χ4n) is 2.61. The van der Waals surface area contributed by atoms with Crippen molar-refractivity contribution in [2.75, 3.05) is 0 Å². The summed E-state index contributed by atoms with van der Waals surface area (Å²) >= 11 is 0. The van der Waals surface area contributed by atoms with Crippen molar-refractivity contribution in [3.8, 4) is 0 Å². The normalized spacial score (nSPS) is 12.1. The number of rotatable bonds is 5. The lowest BCUT2D eigenvalue weighted by Crippen LogP contribution is -2.20. The third-order valence-electron chi connectivity index (χ3n) is 4.19. The first-order valence-corrected chi connectivity index (χ1v) is 9.56. The molecule has 3 rings (SSSR count). The van der Waals surface area contributed by atoms with Crippen molar-refractivity contribution in [2.24, 2.45) is 5.10 Å². The number of nitrogens with one attached hydrogen (secondary N) is 1. The zero-order valence-electron chi connectivity index (χ0n) is 14.7. The highest BCUT2D eigenvalue weighted by molar-refractivity contribution is 7.89. The Bertz CT molecular complexity index is 1170. The van der Waals surface area contributed by atoms with E-state index in [2.05, 4.69) is 9.93 Å². The number of hydrogen-bond acceptors (Lipinski definition) is 5. The summed E-state index contributed by atoms with van der Waals surface area (Å²) < 4.78 is 24.9. The zero-order valence-corrected chi connectivity index (χ0v) is 15.5. The molecule has 3 aromatic rings. The second kappa shape index (κ2) is 7.16. The Hall–Kier alpha value is -3.26. The molecule has 27 heavy (non-hydrogen) atoms. The number of nitrogens with zero attached hydrogens (tertiary/aromatic N) is 2. The minimum atomic E-state index is -4.02. The summed E-state index contributed by atoms with van der Waals surface area (Å²) in [6.45, 7) is 3.23. The van der Waals surface area contributed by atoms with E-state index in [1.54, 1.807) is 13.8 Å². The second-order valence-electron chi connectivity index (χ2n) is 6.06. The topological polar surface area (TPSA) is 102 Å². The highest BCUT2D eigenvalue weighted by atomic mass is 32.2. The molecular weight excluding hydrogens is 366 g/mol. The van der Waals surface area contributed by atoms with Gasteiger partial charge in [0.1, 0.15) is 0 Å². The van der Waals surface area contributed by atoms with Crippen LogP contribution in [0.15, 0.2) is 70.7 Å². The van der Waals surface area contributed by atoms with Crippen LogP contribution in [0.25, 0.3) is 10.8 Å². The first-order valence-electron chi connectivity index (χ1n) is 8.08. The van der Waals surface area contributed by atoms with Gasteiger partial charge < -0.3 is 0 Å². The molecule has 0 radical (unpaired) electrons. The van der Waals surface area contributed by atoms with Crippen LogP contribution in [-0.4, -0.2) is 19.1 Å². The Morgan fingerprint density at radius 2 is 1.74 bits per heavy atom. The summed E-state index contributed by atoms with van der Waals surface area (Å²) in [5.74, 6) is 0. The first kappa shape index (κ1) is 18.5. The average Bonchev–Trinajstić information content (AvgIpc) is 2.65. The minimum absolute atomic E-state index is 0.213. The highest BCUT2D eigenvalue weighted by Gasteiger charge is 2.19. The summed E-state index contributed by atoms with van der Waals surface area (Å²) in [4.78, 5) is 12.3. The molecule has 3 aromatic carbocycles. The maximum absolute atomic E-state index is 12.4. The van der Waals surface area contributed by atoms with Gasteiger partial charge in [-0.05, 0) is 42.3 Å². The SMILES string of the molecule is C/C(=N/NS(=O)(=O)c1ccc(C)c([N+](=O)[O-])c1)c1ccc2ccccc2c1. The lowest BCUT2D eigenvalue weighted by Gasteiger charge is -2.07. The van der Waals surface area contributed by atoms with Crippen LogP contribution in [0.1, 0.15) is 18.1 Å². The van der Waals surface area contributed by atoms with Gasteiger partial charge in [-0.3, -0.25) is 10.1 Å². The number of sulfonamides is 1. The van der Waals surface area contributed by atoms with Gasteiger partial charge in [-0.15, -0.1) is 0 Å². The number of hydrazone groups is 1. The fraction of sp³-hybridized carbons (Fsp3) is 0.105. The van der Waals surface area contributed by atoms with Gasteiger partial charge in [-0.1, -0.05) is 42.5 Å². The standard InChI is InChI=1S/C19H17N3O4S/c1-13-7-10-18(12-19(13)22(23)24)27(25,26)21-20-14(2)16-9-8-15-5-3-4-6-17(15)11-16/h3-12,21H,1-2H3/b20-14-. The van der Waals surface area contributed by atoms with E-state index in [9.17, 15) is 18.5 Å². The number of hydrogen-bond donors (Lipinski definition) is 1. The molecule has 138 valence electrons. The van der Waals surface area contributed by atoms with Crippen molar-refractivity contribution in [3.63, 3.8) is 0 Å². The van der Waals surface area contributed by atoms with E-state index in [1.807, 2.05) is 42.5 Å². The molecule has 0 aromatic heterocycles. The molecule has 0 aliphatic carbocycles. The van der Waals surface area contributed by atoms with Gasteiger partial charge in [-0.2, -0.15) is 18.4 Å². The van der Waals surface area contributed by atoms with Crippen molar-refractivity contribution in [1.29, 1.82) is 0 Å². The number of benzene rings is 3. The van der Waals surface area contributed by atoms with Crippen molar-refractivity contribution >= 4 is 32.2 Å². The molecule has 0 bridgehead atoms. The molecule has 0 atom stereocenters. The third-order valence-corrected chi connectivity index (χ3v) is 5.39. The summed E-state index contributed by atoms with van der Waals surface area (Å²) in [5, 5.41) is 17.1. The van der Waals surface area contributed by atoms with Gasteiger partial charge in [-0.25, -0.2) is 0 Å². The van der Waals surface area contributed by atoms with Crippen molar-refractivity contribution in [2.45, 2.75) is 18.7 Å². The Morgan fingerprint density at radius 3 is 2.44 bits per heavy atom. The van der Waals surface area contributed by atoms with Crippen LogP contribution in [0.2, 0.25) is 0 Å². The number of aryl methyl sites for hydroxylation is 1. The van der Waals surface area contributed by atoms with Crippen LogP contribution in [0, 0.1) is 17.0 Å². The highest BCUT2D eigenvalue weighted by Crippen LogP contribution is 2.22. The van der Waals surface area contributed by atoms with Crippen molar-refractivity contribution in [3.05, 3.63) is 81.9 Å². The third kappa shape index (κ3) is 3.95. The summed E-state index contributed by atoms with van der Waals surface area (Å²) in [7, 11) is -4.02.